The van der Waals surface area contributed by atoms with Crippen LogP contribution in [0.25, 0.3) is 6.08 Å². The summed E-state index contributed by atoms with van der Waals surface area (Å²) in [5, 5.41) is 25.4. The van der Waals surface area contributed by atoms with Gasteiger partial charge in [-0.15, -0.1) is 0 Å². The normalized spacial score (nSPS) is 36.6. The number of hydrogen-bond donors (Lipinski definition) is 3. The molecule has 0 radical (unpaired) electrons. The molecule has 0 spiro atoms. The van der Waals surface area contributed by atoms with Gasteiger partial charge in [-0.2, -0.15) is 0 Å². The summed E-state index contributed by atoms with van der Waals surface area (Å²) in [5.41, 5.74) is -0.848. The van der Waals surface area contributed by atoms with Gasteiger partial charge in [-0.1, -0.05) is 51.8 Å². The number of halogens is 1. The molecule has 1 amide bonds. The van der Waals surface area contributed by atoms with E-state index < -0.39 is 35.5 Å². The first-order valence-electron chi connectivity index (χ1n) is 13.0. The summed E-state index contributed by atoms with van der Waals surface area (Å²) in [7, 11) is 0. The van der Waals surface area contributed by atoms with Crippen molar-refractivity contribution in [1.29, 1.82) is 0 Å². The van der Waals surface area contributed by atoms with Crippen molar-refractivity contribution in [3.63, 3.8) is 0 Å². The molecular formula is C28H41ClN2O5. The number of carbonyl (C=O) groups excluding carboxylic acids is 2. The number of nitrogens with zero attached hydrogens (tertiary/aromatic N) is 1. The third kappa shape index (κ3) is 6.74. The standard InChI is InChI=1S/C28H41ClN2O5/c1-6-19-25(34)17(2)10-9-12-28(5)23(36-28)15-21(20(29)14-18-11-7-8-13-30-18)31-24(33)16-22(32)27(3,4)26(19)35/h7-8,11,13-14,17,19,21-23,25,32,34H,6,9-10,12,15-16H2,1-5H3,(H,31,33)/t17-,19+,21-,22-,23?,25-,28?/m0/s1. The third-order valence-corrected chi connectivity index (χ3v) is 8.45. The van der Waals surface area contributed by atoms with Gasteiger partial charge >= 0.3 is 0 Å². The zero-order valence-corrected chi connectivity index (χ0v) is 22.8. The Morgan fingerprint density at radius 1 is 1.28 bits per heavy atom. The van der Waals surface area contributed by atoms with Gasteiger partial charge in [0.2, 0.25) is 5.91 Å². The van der Waals surface area contributed by atoms with E-state index in [1.165, 1.54) is 0 Å². The van der Waals surface area contributed by atoms with Crippen molar-refractivity contribution >= 4 is 29.4 Å². The zero-order valence-electron chi connectivity index (χ0n) is 22.0. The predicted molar refractivity (Wildman–Crippen MR) is 140 cm³/mol. The van der Waals surface area contributed by atoms with Crippen LogP contribution in [0.3, 0.4) is 0 Å². The molecule has 3 N–H and O–H groups in total. The van der Waals surface area contributed by atoms with Gasteiger partial charge < -0.3 is 20.3 Å². The smallest absolute Gasteiger partial charge is 0.223 e. The van der Waals surface area contributed by atoms with E-state index in [1.807, 2.05) is 32.0 Å². The highest BCUT2D eigenvalue weighted by molar-refractivity contribution is 6.32. The van der Waals surface area contributed by atoms with Gasteiger partial charge in [-0.05, 0) is 50.3 Å². The van der Waals surface area contributed by atoms with E-state index in [0.29, 0.717) is 23.6 Å². The van der Waals surface area contributed by atoms with Crippen LogP contribution in [-0.2, 0) is 14.3 Å². The second-order valence-electron chi connectivity index (χ2n) is 11.2. The molecule has 0 bridgehead atoms. The number of aliphatic hydroxyl groups is 2. The maximum atomic E-state index is 13.4. The van der Waals surface area contributed by atoms with Crippen LogP contribution in [-0.4, -0.2) is 56.8 Å². The molecule has 0 aliphatic carbocycles. The highest BCUT2D eigenvalue weighted by atomic mass is 35.5. The first kappa shape index (κ1) is 28.8. The Morgan fingerprint density at radius 2 is 2.00 bits per heavy atom. The number of aliphatic hydroxyl groups excluding tert-OH is 2. The van der Waals surface area contributed by atoms with Crippen LogP contribution in [0.5, 0.6) is 0 Å². The summed E-state index contributed by atoms with van der Waals surface area (Å²) in [5.74, 6) is -1.31. The molecular weight excluding hydrogens is 480 g/mol. The fourth-order valence-electron chi connectivity index (χ4n) is 5.22. The monoisotopic (exact) mass is 520 g/mol. The number of amides is 1. The van der Waals surface area contributed by atoms with E-state index in [9.17, 15) is 19.8 Å². The van der Waals surface area contributed by atoms with Crippen LogP contribution in [0.15, 0.2) is 29.4 Å². The Hall–Kier alpha value is -1.80. The molecule has 36 heavy (non-hydrogen) atoms. The number of Topliss-reactive ketones (excluding diaryl/α,β-unsaturated/α-hetero) is 1. The number of epoxide rings is 1. The fraction of sp³-hybridized carbons (Fsp3) is 0.679. The molecule has 2 saturated heterocycles. The number of carbonyl (C=O) groups is 2. The minimum Gasteiger partial charge on any atom is -0.392 e. The van der Waals surface area contributed by atoms with Crippen molar-refractivity contribution in [1.82, 2.24) is 10.3 Å². The number of aromatic nitrogens is 1. The maximum absolute atomic E-state index is 13.4. The average molecular weight is 521 g/mol. The summed E-state index contributed by atoms with van der Waals surface area (Å²) in [6, 6.07) is 4.99. The predicted octanol–water partition coefficient (Wildman–Crippen LogP) is 4.25. The van der Waals surface area contributed by atoms with Gasteiger partial charge in [-0.25, -0.2) is 0 Å². The van der Waals surface area contributed by atoms with Gasteiger partial charge in [0, 0.05) is 23.6 Å². The minimum atomic E-state index is -1.21. The molecule has 2 aliphatic heterocycles. The fourth-order valence-corrected chi connectivity index (χ4v) is 5.47. The summed E-state index contributed by atoms with van der Waals surface area (Å²) >= 11 is 6.68. The van der Waals surface area contributed by atoms with Crippen LogP contribution in [0.1, 0.15) is 78.8 Å². The first-order valence-corrected chi connectivity index (χ1v) is 13.4. The number of ether oxygens (including phenoxy) is 1. The quantitative estimate of drug-likeness (QED) is 0.514. The molecule has 0 aromatic carbocycles. The molecule has 7 atom stereocenters. The van der Waals surface area contributed by atoms with Crippen molar-refractivity contribution < 1.29 is 24.5 Å². The number of rotatable bonds is 3. The van der Waals surface area contributed by atoms with Crippen LogP contribution < -0.4 is 5.32 Å². The highest BCUT2D eigenvalue weighted by Gasteiger charge is 2.52. The summed E-state index contributed by atoms with van der Waals surface area (Å²) in [6.07, 6.45) is 4.42. The van der Waals surface area contributed by atoms with Crippen molar-refractivity contribution in [3.05, 3.63) is 35.1 Å². The first-order chi connectivity index (χ1) is 16.9. The zero-order chi connectivity index (χ0) is 26.7. The third-order valence-electron chi connectivity index (χ3n) is 8.08. The summed E-state index contributed by atoms with van der Waals surface area (Å²) < 4.78 is 6.05. The van der Waals surface area contributed by atoms with E-state index in [0.717, 1.165) is 19.3 Å². The van der Waals surface area contributed by atoms with E-state index in [1.54, 1.807) is 26.1 Å². The second-order valence-corrected chi connectivity index (χ2v) is 11.7. The molecule has 7 nitrogen and oxygen atoms in total. The molecule has 2 aliphatic rings. The number of fused-ring (bicyclic) bond motifs is 1. The number of ketones is 1. The van der Waals surface area contributed by atoms with E-state index in [4.69, 9.17) is 16.3 Å². The lowest BCUT2D eigenvalue weighted by Gasteiger charge is -2.35. The Morgan fingerprint density at radius 3 is 2.64 bits per heavy atom. The summed E-state index contributed by atoms with van der Waals surface area (Å²) in [6.45, 7) is 9.18. The van der Waals surface area contributed by atoms with E-state index in [-0.39, 0.29) is 29.8 Å². The lowest BCUT2D eigenvalue weighted by atomic mass is 9.71. The van der Waals surface area contributed by atoms with Crippen LogP contribution >= 0.6 is 11.6 Å². The Bertz CT molecular complexity index is 953. The van der Waals surface area contributed by atoms with Crippen molar-refractivity contribution in [2.75, 3.05) is 0 Å². The van der Waals surface area contributed by atoms with Crippen LogP contribution in [0.4, 0.5) is 0 Å². The topological polar surface area (TPSA) is 112 Å². The van der Waals surface area contributed by atoms with E-state index >= 15 is 0 Å². The van der Waals surface area contributed by atoms with Gasteiger partial charge in [0.25, 0.3) is 0 Å². The molecule has 3 heterocycles. The number of hydrogen-bond acceptors (Lipinski definition) is 6. The van der Waals surface area contributed by atoms with Crippen LogP contribution in [0, 0.1) is 17.3 Å². The minimum absolute atomic E-state index is 0.0758. The molecule has 200 valence electrons. The Labute approximate surface area is 219 Å². The largest absolute Gasteiger partial charge is 0.392 e. The van der Waals surface area contributed by atoms with Gasteiger partial charge in [0.15, 0.2) is 0 Å². The Kier molecular flexibility index (Phi) is 9.36. The van der Waals surface area contributed by atoms with Gasteiger partial charge in [0.05, 0.1) is 47.5 Å². The number of nitrogens with one attached hydrogen (secondary N) is 1. The van der Waals surface area contributed by atoms with Crippen molar-refractivity contribution in [2.24, 2.45) is 17.3 Å². The average Bonchev–Trinajstić information content (AvgIpc) is 3.47. The second kappa shape index (κ2) is 11.7. The van der Waals surface area contributed by atoms with Crippen molar-refractivity contribution in [3.8, 4) is 0 Å². The molecule has 2 fully saturated rings. The van der Waals surface area contributed by atoms with Gasteiger partial charge in [0.1, 0.15) is 5.78 Å². The lowest BCUT2D eigenvalue weighted by Crippen LogP contribution is -2.48. The van der Waals surface area contributed by atoms with Gasteiger partial charge in [-0.3, -0.25) is 14.6 Å². The molecule has 3 rings (SSSR count). The highest BCUT2D eigenvalue weighted by Crippen LogP contribution is 2.45. The molecule has 2 unspecified atom stereocenters. The SMILES string of the molecule is CC[C@H]1C(=O)C(C)(C)[C@@H](O)CC(=O)N[C@H](C(Cl)=Cc2ccccn2)CC2OC2(C)CCC[C@H](C)[C@@H]1O. The van der Waals surface area contributed by atoms with Crippen LogP contribution in [0.2, 0.25) is 0 Å². The molecule has 0 saturated carbocycles. The molecule has 8 heteroatoms. The van der Waals surface area contributed by atoms with E-state index in [2.05, 4.69) is 17.2 Å². The summed E-state index contributed by atoms with van der Waals surface area (Å²) in [4.78, 5) is 30.8. The lowest BCUT2D eigenvalue weighted by molar-refractivity contribution is -0.144. The molecule has 1 aromatic heterocycles. The maximum Gasteiger partial charge on any atom is 0.223 e. The molecule has 1 aromatic rings. The Balaban J connectivity index is 1.87. The van der Waals surface area contributed by atoms with Crippen molar-refractivity contribution in [2.45, 2.75) is 103 Å². The number of pyridine rings is 1.